The van der Waals surface area contributed by atoms with Crippen molar-refractivity contribution in [2.75, 3.05) is 10.2 Å². The molecule has 5 nitrogen and oxygen atoms in total. The second kappa shape index (κ2) is 6.16. The third-order valence-corrected chi connectivity index (χ3v) is 6.13. The highest BCUT2D eigenvalue weighted by molar-refractivity contribution is 6.23. The first-order valence-corrected chi connectivity index (χ1v) is 9.57. The van der Waals surface area contributed by atoms with E-state index in [-0.39, 0.29) is 41.4 Å². The largest absolute Gasteiger partial charge is 0.322 e. The topological polar surface area (TPSA) is 66.5 Å². The lowest BCUT2D eigenvalue weighted by atomic mass is 9.85. The average Bonchev–Trinajstić information content (AvgIpc) is 3.36. The minimum atomic E-state index is -0.227. The standard InChI is InChI=1S/C23H20N2O3/c1-13-3-2-4-17(11-13)24-21(26)14-7-9-18(10-8-14)25-22(27)19-15-5-6-16(12-15)20(19)23(25)28/h2-11,15-16,19-20H,12H2,1H3,(H,24,26)/t15-,16+,19-,20+. The Kier molecular flexibility index (Phi) is 3.72. The molecule has 1 saturated heterocycles. The van der Waals surface area contributed by atoms with E-state index in [2.05, 4.69) is 17.5 Å². The van der Waals surface area contributed by atoms with Crippen molar-refractivity contribution in [1.29, 1.82) is 0 Å². The number of nitrogens with zero attached hydrogens (tertiary/aromatic N) is 1. The van der Waals surface area contributed by atoms with Crippen LogP contribution in [0.4, 0.5) is 11.4 Å². The summed E-state index contributed by atoms with van der Waals surface area (Å²) in [7, 11) is 0. The molecule has 5 heteroatoms. The van der Waals surface area contributed by atoms with Crippen LogP contribution in [0.3, 0.4) is 0 Å². The molecule has 140 valence electrons. The smallest absolute Gasteiger partial charge is 0.255 e. The quantitative estimate of drug-likeness (QED) is 0.662. The van der Waals surface area contributed by atoms with Crippen molar-refractivity contribution >= 4 is 29.1 Å². The number of amides is 3. The fourth-order valence-electron chi connectivity index (χ4n) is 4.84. The Bertz CT molecular complexity index is 994. The van der Waals surface area contributed by atoms with E-state index in [1.807, 2.05) is 31.2 Å². The fourth-order valence-corrected chi connectivity index (χ4v) is 4.84. The predicted molar refractivity (Wildman–Crippen MR) is 106 cm³/mol. The van der Waals surface area contributed by atoms with Gasteiger partial charge in [0.2, 0.25) is 11.8 Å². The van der Waals surface area contributed by atoms with E-state index >= 15 is 0 Å². The van der Waals surface area contributed by atoms with Crippen LogP contribution in [0.2, 0.25) is 0 Å². The number of fused-ring (bicyclic) bond motifs is 5. The van der Waals surface area contributed by atoms with Gasteiger partial charge in [-0.1, -0.05) is 24.3 Å². The first-order valence-electron chi connectivity index (χ1n) is 9.57. The number of benzene rings is 2. The van der Waals surface area contributed by atoms with E-state index in [0.717, 1.165) is 17.7 Å². The first kappa shape index (κ1) is 16.9. The van der Waals surface area contributed by atoms with Crippen molar-refractivity contribution in [1.82, 2.24) is 0 Å². The Morgan fingerprint density at radius 1 is 0.964 bits per heavy atom. The fraction of sp³-hybridized carbons (Fsp3) is 0.261. The van der Waals surface area contributed by atoms with Crippen molar-refractivity contribution in [2.24, 2.45) is 23.7 Å². The van der Waals surface area contributed by atoms with Crippen molar-refractivity contribution < 1.29 is 14.4 Å². The number of hydrogen-bond donors (Lipinski definition) is 1. The molecule has 0 unspecified atom stereocenters. The highest BCUT2D eigenvalue weighted by atomic mass is 16.2. The van der Waals surface area contributed by atoms with Gasteiger partial charge >= 0.3 is 0 Å². The molecular formula is C23H20N2O3. The molecule has 2 aliphatic carbocycles. The Labute approximate surface area is 163 Å². The van der Waals surface area contributed by atoms with E-state index in [4.69, 9.17) is 0 Å². The summed E-state index contributed by atoms with van der Waals surface area (Å²) in [4.78, 5) is 39.5. The van der Waals surface area contributed by atoms with Gasteiger partial charge in [-0.05, 0) is 67.1 Å². The minimum absolute atomic E-state index is 0.108. The van der Waals surface area contributed by atoms with Crippen LogP contribution in [-0.2, 0) is 9.59 Å². The summed E-state index contributed by atoms with van der Waals surface area (Å²) in [6, 6.07) is 14.2. The van der Waals surface area contributed by atoms with Gasteiger partial charge in [0.1, 0.15) is 0 Å². The number of carbonyl (C=O) groups is 3. The summed E-state index contributed by atoms with van der Waals surface area (Å²) < 4.78 is 0. The van der Waals surface area contributed by atoms with Gasteiger partial charge in [-0.15, -0.1) is 0 Å². The first-order chi connectivity index (χ1) is 13.5. The number of carbonyl (C=O) groups excluding carboxylic acids is 3. The number of anilines is 2. The molecular weight excluding hydrogens is 352 g/mol. The molecule has 4 atom stereocenters. The summed E-state index contributed by atoms with van der Waals surface area (Å²) in [5.74, 6) is -0.492. The number of hydrogen-bond acceptors (Lipinski definition) is 3. The normalized spacial score (nSPS) is 27.4. The van der Waals surface area contributed by atoms with Crippen LogP contribution in [0.15, 0.2) is 60.7 Å². The molecule has 3 aliphatic rings. The van der Waals surface area contributed by atoms with Gasteiger partial charge in [0, 0.05) is 11.3 Å². The number of rotatable bonds is 3. The van der Waals surface area contributed by atoms with E-state index in [9.17, 15) is 14.4 Å². The summed E-state index contributed by atoms with van der Waals surface area (Å²) in [6.07, 6.45) is 5.08. The third kappa shape index (κ3) is 2.50. The van der Waals surface area contributed by atoms with E-state index in [1.165, 1.54) is 4.90 Å². The number of nitrogens with one attached hydrogen (secondary N) is 1. The van der Waals surface area contributed by atoms with Gasteiger partial charge < -0.3 is 5.32 Å². The van der Waals surface area contributed by atoms with Crippen LogP contribution in [-0.4, -0.2) is 17.7 Å². The molecule has 2 fully saturated rings. The minimum Gasteiger partial charge on any atom is -0.322 e. The predicted octanol–water partition coefficient (Wildman–Crippen LogP) is 3.56. The van der Waals surface area contributed by atoms with Crippen molar-refractivity contribution in [3.63, 3.8) is 0 Å². The van der Waals surface area contributed by atoms with E-state index in [1.54, 1.807) is 24.3 Å². The Morgan fingerprint density at radius 2 is 1.61 bits per heavy atom. The van der Waals surface area contributed by atoms with Crippen LogP contribution in [0.25, 0.3) is 0 Å². The molecule has 28 heavy (non-hydrogen) atoms. The maximum Gasteiger partial charge on any atom is 0.255 e. The molecule has 0 radical (unpaired) electrons. The molecule has 5 rings (SSSR count). The average molecular weight is 372 g/mol. The molecule has 1 saturated carbocycles. The molecule has 1 N–H and O–H groups in total. The van der Waals surface area contributed by atoms with Crippen molar-refractivity contribution in [2.45, 2.75) is 13.3 Å². The second-order valence-corrected chi connectivity index (χ2v) is 7.88. The summed E-state index contributed by atoms with van der Waals surface area (Å²) in [6.45, 7) is 1.96. The molecule has 1 heterocycles. The second-order valence-electron chi connectivity index (χ2n) is 7.88. The maximum atomic E-state index is 12.9. The lowest BCUT2D eigenvalue weighted by Crippen LogP contribution is -2.32. The Balaban J connectivity index is 1.35. The zero-order valence-electron chi connectivity index (χ0n) is 15.5. The zero-order chi connectivity index (χ0) is 19.4. The van der Waals surface area contributed by atoms with E-state index in [0.29, 0.717) is 11.3 Å². The van der Waals surface area contributed by atoms with Crippen LogP contribution in [0.1, 0.15) is 22.3 Å². The number of allylic oxidation sites excluding steroid dienone is 2. The monoisotopic (exact) mass is 372 g/mol. The van der Waals surface area contributed by atoms with Crippen molar-refractivity contribution in [3.8, 4) is 0 Å². The van der Waals surface area contributed by atoms with Gasteiger partial charge in [0.15, 0.2) is 0 Å². The van der Waals surface area contributed by atoms with Crippen LogP contribution >= 0.6 is 0 Å². The van der Waals surface area contributed by atoms with Crippen molar-refractivity contribution in [3.05, 3.63) is 71.8 Å². The molecule has 1 aliphatic heterocycles. The highest BCUT2D eigenvalue weighted by Gasteiger charge is 2.59. The lowest BCUT2D eigenvalue weighted by molar-refractivity contribution is -0.123. The van der Waals surface area contributed by atoms with Gasteiger partial charge in [-0.2, -0.15) is 0 Å². The number of imide groups is 1. The van der Waals surface area contributed by atoms with Crippen LogP contribution in [0, 0.1) is 30.6 Å². The molecule has 0 spiro atoms. The lowest BCUT2D eigenvalue weighted by Gasteiger charge is -2.17. The Morgan fingerprint density at radius 3 is 2.21 bits per heavy atom. The van der Waals surface area contributed by atoms with Gasteiger partial charge in [-0.3, -0.25) is 19.3 Å². The third-order valence-electron chi connectivity index (χ3n) is 6.13. The van der Waals surface area contributed by atoms with Gasteiger partial charge in [0.25, 0.3) is 5.91 Å². The van der Waals surface area contributed by atoms with Crippen LogP contribution < -0.4 is 10.2 Å². The van der Waals surface area contributed by atoms with Crippen LogP contribution in [0.5, 0.6) is 0 Å². The van der Waals surface area contributed by atoms with Gasteiger partial charge in [-0.25, -0.2) is 0 Å². The summed E-state index contributed by atoms with van der Waals surface area (Å²) in [5, 5.41) is 2.86. The maximum absolute atomic E-state index is 12.9. The molecule has 2 bridgehead atoms. The number of aryl methyl sites for hydroxylation is 1. The summed E-state index contributed by atoms with van der Waals surface area (Å²) >= 11 is 0. The molecule has 2 aromatic rings. The van der Waals surface area contributed by atoms with Gasteiger partial charge in [0.05, 0.1) is 17.5 Å². The summed E-state index contributed by atoms with van der Waals surface area (Å²) in [5.41, 5.74) is 2.81. The zero-order valence-corrected chi connectivity index (χ0v) is 15.5. The molecule has 2 aromatic carbocycles. The highest BCUT2D eigenvalue weighted by Crippen LogP contribution is 2.53. The SMILES string of the molecule is Cc1cccc(NC(=O)c2ccc(N3C(=O)[C@@H]4[C@H](C3=O)[C@@H]3C=C[C@H]4C3)cc2)c1. The molecule has 3 amide bonds. The van der Waals surface area contributed by atoms with E-state index < -0.39 is 0 Å². The molecule has 0 aromatic heterocycles. The Hall–Kier alpha value is -3.21.